The number of amides is 1. The molecule has 1 amide bonds. The van der Waals surface area contributed by atoms with E-state index < -0.39 is 58.0 Å². The maximum absolute atomic E-state index is 14.0. The van der Waals surface area contributed by atoms with E-state index in [4.69, 9.17) is 5.73 Å². The Morgan fingerprint density at radius 1 is 1.13 bits per heavy atom. The molecule has 0 heterocycles. The van der Waals surface area contributed by atoms with Crippen molar-refractivity contribution >= 4 is 23.2 Å². The van der Waals surface area contributed by atoms with Crippen LogP contribution in [0, 0.1) is 24.7 Å². The number of Topliss-reactive ketones (excluding diaryl/α,β-unsaturated/α-hetero) is 2. The van der Waals surface area contributed by atoms with Crippen LogP contribution < -0.4 is 5.73 Å². The Kier molecular flexibility index (Phi) is 6.87. The van der Waals surface area contributed by atoms with Gasteiger partial charge in [0.25, 0.3) is 5.91 Å². The van der Waals surface area contributed by atoms with Gasteiger partial charge in [0.05, 0.1) is 11.6 Å². The van der Waals surface area contributed by atoms with Gasteiger partial charge in [0, 0.05) is 11.5 Å². The lowest BCUT2D eigenvalue weighted by molar-refractivity contribution is -0.153. The fraction of sp³-hybridized carbons (Fsp3) is 0.567. The van der Waals surface area contributed by atoms with Crippen LogP contribution in [-0.4, -0.2) is 68.5 Å². The van der Waals surface area contributed by atoms with Crippen LogP contribution in [0.1, 0.15) is 67.2 Å². The first-order chi connectivity index (χ1) is 18.4. The number of ketones is 2. The van der Waals surface area contributed by atoms with Crippen LogP contribution >= 0.6 is 0 Å². The molecule has 9 nitrogen and oxygen atoms in total. The maximum atomic E-state index is 14.0. The largest absolute Gasteiger partial charge is 0.508 e. The highest BCUT2D eigenvalue weighted by Gasteiger charge is 2.64. The lowest BCUT2D eigenvalue weighted by Gasteiger charge is -2.50. The number of carbonyl (C=O) groups is 3. The number of hydrogen-bond donors (Lipinski definition) is 5. The highest BCUT2D eigenvalue weighted by Crippen LogP contribution is 2.53. The lowest BCUT2D eigenvalue weighted by atomic mass is 9.57. The summed E-state index contributed by atoms with van der Waals surface area (Å²) in [6.07, 6.45) is 8.05. The van der Waals surface area contributed by atoms with Crippen molar-refractivity contribution < 1.29 is 34.8 Å². The normalized spacial score (nSPS) is 29.4. The first kappa shape index (κ1) is 27.4. The molecule has 39 heavy (non-hydrogen) atoms. The second kappa shape index (κ2) is 9.78. The van der Waals surface area contributed by atoms with E-state index in [1.165, 1.54) is 37.0 Å². The number of benzene rings is 1. The smallest absolute Gasteiger partial charge is 0.255 e. The molecule has 9 heteroatoms. The molecule has 0 spiro atoms. The number of phenols is 1. The van der Waals surface area contributed by atoms with Gasteiger partial charge in [0.15, 0.2) is 11.4 Å². The first-order valence-electron chi connectivity index (χ1n) is 13.9. The molecular formula is C30H38N2O7. The van der Waals surface area contributed by atoms with Crippen LogP contribution in [0.4, 0.5) is 0 Å². The molecule has 1 aromatic rings. The zero-order chi connectivity index (χ0) is 28.4. The van der Waals surface area contributed by atoms with Crippen LogP contribution in [0.2, 0.25) is 0 Å². The SMILES string of the molecule is Cc1cc(CCC2CCCCC2)c(O)c2c1C[C@@H]1C[C@@H]3C(N(C)C)C(=O)C(C(N)=O)=C(O)[C@]3(O)C(=O)C1=C2O. The van der Waals surface area contributed by atoms with Crippen molar-refractivity contribution in [3.8, 4) is 5.75 Å². The summed E-state index contributed by atoms with van der Waals surface area (Å²) in [5.41, 5.74) is 4.35. The molecule has 0 saturated heterocycles. The number of aromatic hydroxyl groups is 1. The predicted molar refractivity (Wildman–Crippen MR) is 144 cm³/mol. The highest BCUT2D eigenvalue weighted by atomic mass is 16.3. The van der Waals surface area contributed by atoms with Crippen LogP contribution in [0.15, 0.2) is 23.0 Å². The average molecular weight is 539 g/mol. The summed E-state index contributed by atoms with van der Waals surface area (Å²) in [4.78, 5) is 40.8. The highest BCUT2D eigenvalue weighted by molar-refractivity contribution is 6.24. The van der Waals surface area contributed by atoms with Gasteiger partial charge < -0.3 is 26.2 Å². The summed E-state index contributed by atoms with van der Waals surface area (Å²) in [6, 6.07) is 0.871. The zero-order valence-electron chi connectivity index (χ0n) is 22.8. The number of fused-ring (bicyclic) bond motifs is 3. The molecule has 0 aliphatic heterocycles. The molecule has 4 atom stereocenters. The number of carbonyl (C=O) groups excluding carboxylic acids is 3. The van der Waals surface area contributed by atoms with E-state index in [-0.39, 0.29) is 23.3 Å². The minimum Gasteiger partial charge on any atom is -0.508 e. The van der Waals surface area contributed by atoms with Crippen molar-refractivity contribution in [3.63, 3.8) is 0 Å². The predicted octanol–water partition coefficient (Wildman–Crippen LogP) is 2.79. The maximum Gasteiger partial charge on any atom is 0.255 e. The number of nitrogens with two attached hydrogens (primary N) is 1. The summed E-state index contributed by atoms with van der Waals surface area (Å²) in [5.74, 6) is -5.56. The van der Waals surface area contributed by atoms with Gasteiger partial charge in [-0.3, -0.25) is 19.3 Å². The molecule has 1 aromatic carbocycles. The third-order valence-electron chi connectivity index (χ3n) is 9.57. The quantitative estimate of drug-likeness (QED) is 0.358. The van der Waals surface area contributed by atoms with E-state index in [0.29, 0.717) is 24.3 Å². The average Bonchev–Trinajstić information content (AvgIpc) is 2.87. The van der Waals surface area contributed by atoms with Gasteiger partial charge in [0.2, 0.25) is 5.78 Å². The minimum atomic E-state index is -2.62. The molecule has 1 unspecified atom stereocenters. The fourth-order valence-corrected chi connectivity index (χ4v) is 7.59. The van der Waals surface area contributed by atoms with E-state index >= 15 is 0 Å². The van der Waals surface area contributed by atoms with Crippen molar-refractivity contribution in [2.24, 2.45) is 23.5 Å². The van der Waals surface area contributed by atoms with E-state index in [9.17, 15) is 34.8 Å². The Morgan fingerprint density at radius 3 is 2.41 bits per heavy atom. The Bertz CT molecular complexity index is 1320. The number of rotatable bonds is 5. The fourth-order valence-electron chi connectivity index (χ4n) is 7.59. The molecule has 210 valence electrons. The van der Waals surface area contributed by atoms with Crippen molar-refractivity contribution in [2.75, 3.05) is 14.1 Å². The van der Waals surface area contributed by atoms with Gasteiger partial charge >= 0.3 is 0 Å². The van der Waals surface area contributed by atoms with Crippen LogP contribution in [0.5, 0.6) is 5.75 Å². The van der Waals surface area contributed by atoms with Crippen molar-refractivity contribution in [3.05, 3.63) is 45.2 Å². The minimum absolute atomic E-state index is 0.0700. The van der Waals surface area contributed by atoms with Crippen molar-refractivity contribution in [1.29, 1.82) is 0 Å². The number of hydrogen-bond acceptors (Lipinski definition) is 8. The Morgan fingerprint density at radius 2 is 1.79 bits per heavy atom. The summed E-state index contributed by atoms with van der Waals surface area (Å²) < 4.78 is 0. The van der Waals surface area contributed by atoms with E-state index in [1.807, 2.05) is 13.0 Å². The molecule has 0 radical (unpaired) electrons. The molecular weight excluding hydrogens is 500 g/mol. The number of likely N-dealkylation sites (N-methyl/N-ethyl adjacent to an activating group) is 1. The molecule has 0 aromatic heterocycles. The summed E-state index contributed by atoms with van der Waals surface area (Å²) in [6.45, 7) is 1.92. The van der Waals surface area contributed by atoms with E-state index in [2.05, 4.69) is 0 Å². The second-order valence-corrected chi connectivity index (χ2v) is 12.1. The van der Waals surface area contributed by atoms with Gasteiger partial charge in [-0.1, -0.05) is 38.2 Å². The number of aliphatic hydroxyl groups excluding tert-OH is 2. The van der Waals surface area contributed by atoms with Gasteiger partial charge in [-0.25, -0.2) is 0 Å². The number of primary amides is 1. The van der Waals surface area contributed by atoms with Crippen LogP contribution in [0.3, 0.4) is 0 Å². The Labute approximate surface area is 228 Å². The van der Waals surface area contributed by atoms with Crippen molar-refractivity contribution in [2.45, 2.75) is 76.4 Å². The molecule has 6 N–H and O–H groups in total. The van der Waals surface area contributed by atoms with Crippen LogP contribution in [0.25, 0.3) is 5.76 Å². The molecule has 4 aliphatic carbocycles. The van der Waals surface area contributed by atoms with E-state index in [1.54, 1.807) is 14.1 Å². The van der Waals surface area contributed by atoms with Gasteiger partial charge in [-0.15, -0.1) is 0 Å². The van der Waals surface area contributed by atoms with Crippen molar-refractivity contribution in [1.82, 2.24) is 4.90 Å². The van der Waals surface area contributed by atoms with Crippen LogP contribution in [-0.2, 0) is 27.2 Å². The Balaban J connectivity index is 1.60. The molecule has 2 saturated carbocycles. The molecule has 0 bridgehead atoms. The van der Waals surface area contributed by atoms with Gasteiger partial charge in [0.1, 0.15) is 22.8 Å². The number of aliphatic hydroxyl groups is 3. The topological polar surface area (TPSA) is 161 Å². The third kappa shape index (κ3) is 4.09. The number of aryl methyl sites for hydroxylation is 2. The van der Waals surface area contributed by atoms with E-state index in [0.717, 1.165) is 17.5 Å². The molecule has 5 rings (SSSR count). The molecule has 2 fully saturated rings. The van der Waals surface area contributed by atoms with Gasteiger partial charge in [-0.05, 0) is 75.2 Å². The standard InChI is InChI=1S/C30H38N2O7/c1-14-11-16(10-9-15-7-5-4-6-8-15)24(33)21-18(14)12-17-13-19-23(32(2)3)26(35)22(29(31)38)28(37)30(19,39)27(36)20(17)25(21)34/h11,15,17,19,23,33-34,37,39H,4-10,12-13H2,1-3H3,(H2,31,38)/t17-,19-,23?,30-/m1/s1. The molecule has 4 aliphatic rings. The lowest BCUT2D eigenvalue weighted by Crippen LogP contribution is -2.65. The summed E-state index contributed by atoms with van der Waals surface area (Å²) in [5, 5.41) is 45.5. The third-order valence-corrected chi connectivity index (χ3v) is 9.57. The van der Waals surface area contributed by atoms with Gasteiger partial charge in [-0.2, -0.15) is 0 Å². The Hall–Kier alpha value is -3.17. The monoisotopic (exact) mass is 538 g/mol. The second-order valence-electron chi connectivity index (χ2n) is 12.1. The summed E-state index contributed by atoms with van der Waals surface area (Å²) in [7, 11) is 3.18. The number of nitrogens with zero attached hydrogens (tertiary/aromatic N) is 1. The first-order valence-corrected chi connectivity index (χ1v) is 13.9. The summed E-state index contributed by atoms with van der Waals surface area (Å²) >= 11 is 0. The number of phenolic OH excluding ortho intramolecular Hbond substituents is 1. The zero-order valence-corrected chi connectivity index (χ0v) is 22.8.